The molecule has 1 fully saturated rings. The Morgan fingerprint density at radius 3 is 2.93 bits per heavy atom. The molecule has 1 aliphatic carbocycles. The van der Waals surface area contributed by atoms with Gasteiger partial charge in [0.05, 0.1) is 16.9 Å². The van der Waals surface area contributed by atoms with Crippen molar-refractivity contribution < 1.29 is 9.53 Å². The van der Waals surface area contributed by atoms with E-state index in [-0.39, 0.29) is 5.97 Å². The van der Waals surface area contributed by atoms with E-state index in [1.165, 1.54) is 32.8 Å². The zero-order chi connectivity index (χ0) is 10.7. The molecule has 0 N–H and O–H groups in total. The van der Waals surface area contributed by atoms with Gasteiger partial charge < -0.3 is 4.74 Å². The minimum atomic E-state index is -0.211. The van der Waals surface area contributed by atoms with E-state index in [9.17, 15) is 4.79 Å². The normalized spacial score (nSPS) is 16.9. The van der Waals surface area contributed by atoms with E-state index in [0.717, 1.165) is 9.77 Å². The highest BCUT2D eigenvalue weighted by Gasteiger charge is 2.20. The monoisotopic (exact) mass is 242 g/mol. The van der Waals surface area contributed by atoms with Crippen molar-refractivity contribution in [2.45, 2.75) is 35.1 Å². The molecule has 0 atom stereocenters. The maximum absolute atomic E-state index is 11.4. The molecule has 2 rings (SSSR count). The van der Waals surface area contributed by atoms with Crippen LogP contribution in [0, 0.1) is 0 Å². The Bertz CT molecular complexity index is 340. The number of hydrogen-bond acceptors (Lipinski definition) is 4. The van der Waals surface area contributed by atoms with Crippen LogP contribution in [0.1, 0.15) is 36.0 Å². The van der Waals surface area contributed by atoms with Gasteiger partial charge >= 0.3 is 5.97 Å². The van der Waals surface area contributed by atoms with E-state index in [4.69, 9.17) is 4.74 Å². The highest BCUT2D eigenvalue weighted by molar-refractivity contribution is 8.01. The number of thioether (sulfide) groups is 1. The lowest BCUT2D eigenvalue weighted by Crippen LogP contribution is -2.02. The van der Waals surface area contributed by atoms with E-state index in [1.807, 2.05) is 23.2 Å². The maximum atomic E-state index is 11.4. The lowest BCUT2D eigenvalue weighted by Gasteiger charge is -2.07. The molecule has 0 radical (unpaired) electrons. The molecule has 0 spiro atoms. The Morgan fingerprint density at radius 2 is 2.27 bits per heavy atom. The number of ether oxygens (including phenoxy) is 1. The van der Waals surface area contributed by atoms with Gasteiger partial charge in [-0.1, -0.05) is 12.8 Å². The van der Waals surface area contributed by atoms with Crippen LogP contribution < -0.4 is 0 Å². The standard InChI is InChI=1S/C11H14O2S2/c1-13-10(12)9-6-7-14-11(9)15-8-4-2-3-5-8/h6-8H,2-5H2,1H3. The Labute approximate surface area is 98.0 Å². The molecule has 0 aliphatic heterocycles. The summed E-state index contributed by atoms with van der Waals surface area (Å²) in [4.78, 5) is 11.4. The van der Waals surface area contributed by atoms with Gasteiger partial charge in [-0.2, -0.15) is 0 Å². The topological polar surface area (TPSA) is 26.3 Å². The average molecular weight is 242 g/mol. The largest absolute Gasteiger partial charge is 0.465 e. The van der Waals surface area contributed by atoms with Crippen LogP contribution in [-0.2, 0) is 4.74 Å². The van der Waals surface area contributed by atoms with Crippen molar-refractivity contribution in [2.75, 3.05) is 7.11 Å². The summed E-state index contributed by atoms with van der Waals surface area (Å²) in [6.07, 6.45) is 5.22. The molecular formula is C11H14O2S2. The van der Waals surface area contributed by atoms with Crippen LogP contribution in [0.25, 0.3) is 0 Å². The van der Waals surface area contributed by atoms with E-state index in [1.54, 1.807) is 11.3 Å². The second-order valence-corrected chi connectivity index (χ2v) is 6.12. The third-order valence-corrected chi connectivity index (χ3v) is 5.13. The number of esters is 1. The van der Waals surface area contributed by atoms with E-state index < -0.39 is 0 Å². The van der Waals surface area contributed by atoms with E-state index in [0.29, 0.717) is 5.25 Å². The van der Waals surface area contributed by atoms with Crippen molar-refractivity contribution in [3.8, 4) is 0 Å². The summed E-state index contributed by atoms with van der Waals surface area (Å²) in [6.45, 7) is 0. The summed E-state index contributed by atoms with van der Waals surface area (Å²) in [5.74, 6) is -0.211. The molecule has 0 amide bonds. The minimum Gasteiger partial charge on any atom is -0.465 e. The summed E-state index contributed by atoms with van der Waals surface area (Å²) < 4.78 is 5.87. The molecule has 0 aromatic carbocycles. The van der Waals surface area contributed by atoms with Gasteiger partial charge in [0, 0.05) is 5.25 Å². The van der Waals surface area contributed by atoms with Crippen LogP contribution in [0.5, 0.6) is 0 Å². The zero-order valence-electron chi connectivity index (χ0n) is 8.69. The van der Waals surface area contributed by atoms with Gasteiger partial charge in [-0.05, 0) is 24.3 Å². The Balaban J connectivity index is 2.07. The van der Waals surface area contributed by atoms with E-state index in [2.05, 4.69) is 0 Å². The number of hydrogen-bond donors (Lipinski definition) is 0. The van der Waals surface area contributed by atoms with Gasteiger partial charge in [-0.25, -0.2) is 4.79 Å². The third kappa shape index (κ3) is 2.55. The van der Waals surface area contributed by atoms with Crippen molar-refractivity contribution in [2.24, 2.45) is 0 Å². The molecule has 0 unspecified atom stereocenters. The lowest BCUT2D eigenvalue weighted by atomic mass is 10.3. The number of methoxy groups -OCH3 is 1. The molecule has 1 heterocycles. The number of rotatable bonds is 3. The second-order valence-electron chi connectivity index (χ2n) is 3.64. The predicted octanol–water partition coefficient (Wildman–Crippen LogP) is 3.57. The fourth-order valence-corrected chi connectivity index (χ4v) is 4.36. The molecule has 1 aromatic heterocycles. The SMILES string of the molecule is COC(=O)c1ccsc1SC1CCCC1. The van der Waals surface area contributed by atoms with Crippen molar-refractivity contribution >= 4 is 29.1 Å². The van der Waals surface area contributed by atoms with Crippen LogP contribution in [0.15, 0.2) is 15.7 Å². The average Bonchev–Trinajstić information content (AvgIpc) is 2.88. The summed E-state index contributed by atoms with van der Waals surface area (Å²) in [6, 6.07) is 1.85. The van der Waals surface area contributed by atoms with Crippen molar-refractivity contribution in [3.63, 3.8) is 0 Å². The van der Waals surface area contributed by atoms with Gasteiger partial charge in [0.15, 0.2) is 0 Å². The quantitative estimate of drug-likeness (QED) is 0.758. The summed E-state index contributed by atoms with van der Waals surface area (Å²) in [5.41, 5.74) is 0.736. The van der Waals surface area contributed by atoms with Crippen LogP contribution in [0.3, 0.4) is 0 Å². The fraction of sp³-hybridized carbons (Fsp3) is 0.545. The number of thiophene rings is 1. The fourth-order valence-electron chi connectivity index (χ4n) is 1.81. The Kier molecular flexibility index (Phi) is 3.70. The smallest absolute Gasteiger partial charge is 0.339 e. The highest BCUT2D eigenvalue weighted by atomic mass is 32.2. The van der Waals surface area contributed by atoms with Crippen molar-refractivity contribution in [1.29, 1.82) is 0 Å². The van der Waals surface area contributed by atoms with Gasteiger partial charge in [0.25, 0.3) is 0 Å². The summed E-state index contributed by atoms with van der Waals surface area (Å²) in [5, 5.41) is 2.66. The predicted molar refractivity (Wildman–Crippen MR) is 63.8 cm³/mol. The molecule has 1 saturated carbocycles. The van der Waals surface area contributed by atoms with Crippen LogP contribution in [0.2, 0.25) is 0 Å². The van der Waals surface area contributed by atoms with Crippen molar-refractivity contribution in [3.05, 3.63) is 17.0 Å². The van der Waals surface area contributed by atoms with Gasteiger partial charge in [0.1, 0.15) is 0 Å². The molecule has 15 heavy (non-hydrogen) atoms. The second kappa shape index (κ2) is 5.03. The number of carbonyl (C=O) groups is 1. The first-order valence-corrected chi connectivity index (χ1v) is 6.89. The molecule has 1 aliphatic rings. The first-order chi connectivity index (χ1) is 7.31. The highest BCUT2D eigenvalue weighted by Crippen LogP contribution is 2.39. The summed E-state index contributed by atoms with van der Waals surface area (Å²) >= 11 is 3.49. The Hall–Kier alpha value is -0.480. The molecule has 2 nitrogen and oxygen atoms in total. The number of carbonyl (C=O) groups excluding carboxylic acids is 1. The minimum absolute atomic E-state index is 0.211. The van der Waals surface area contributed by atoms with E-state index >= 15 is 0 Å². The molecular weight excluding hydrogens is 228 g/mol. The zero-order valence-corrected chi connectivity index (χ0v) is 10.3. The van der Waals surface area contributed by atoms with Gasteiger partial charge in [-0.3, -0.25) is 0 Å². The first-order valence-electron chi connectivity index (χ1n) is 5.13. The van der Waals surface area contributed by atoms with Crippen LogP contribution >= 0.6 is 23.1 Å². The van der Waals surface area contributed by atoms with Crippen LogP contribution in [0.4, 0.5) is 0 Å². The molecule has 0 saturated heterocycles. The van der Waals surface area contributed by atoms with Gasteiger partial charge in [0.2, 0.25) is 0 Å². The lowest BCUT2D eigenvalue weighted by molar-refractivity contribution is 0.0598. The maximum Gasteiger partial charge on any atom is 0.339 e. The van der Waals surface area contributed by atoms with Gasteiger partial charge in [-0.15, -0.1) is 23.1 Å². The molecule has 1 aromatic rings. The Morgan fingerprint density at radius 1 is 1.53 bits per heavy atom. The molecule has 0 bridgehead atoms. The molecule has 4 heteroatoms. The summed E-state index contributed by atoms with van der Waals surface area (Å²) in [7, 11) is 1.43. The van der Waals surface area contributed by atoms with Crippen LogP contribution in [-0.4, -0.2) is 18.3 Å². The first kappa shape index (κ1) is 11.0. The molecule has 82 valence electrons. The third-order valence-electron chi connectivity index (χ3n) is 2.61. The van der Waals surface area contributed by atoms with Crippen molar-refractivity contribution in [1.82, 2.24) is 0 Å².